The number of hydrogen-bond donors (Lipinski definition) is 3. The van der Waals surface area contributed by atoms with Crippen molar-refractivity contribution in [2.45, 2.75) is 13.8 Å². The number of hydrogen-bond acceptors (Lipinski definition) is 3. The number of benzene rings is 2. The van der Waals surface area contributed by atoms with Gasteiger partial charge in [-0.3, -0.25) is 5.43 Å². The van der Waals surface area contributed by atoms with Crippen molar-refractivity contribution in [1.82, 2.24) is 10.7 Å². The maximum atomic E-state index is 10.1. The molecule has 0 aliphatic rings. The first kappa shape index (κ1) is 14.3. The lowest BCUT2D eigenvalue weighted by Crippen LogP contribution is -2.32. The standard InChI is InChI=1S/C15H17N3OS/c1-3-16-15(20)18-17-10(2)14-12-7-5-4-6-11(12)8-9-13(14)19/h4-9,19H,3H2,1-2H3,(H2,16,18,20)/b17-10-. The van der Waals surface area contributed by atoms with E-state index < -0.39 is 0 Å². The molecule has 0 bridgehead atoms. The van der Waals surface area contributed by atoms with E-state index in [0.29, 0.717) is 10.8 Å². The zero-order valence-electron chi connectivity index (χ0n) is 11.5. The largest absolute Gasteiger partial charge is 0.507 e. The van der Waals surface area contributed by atoms with E-state index >= 15 is 0 Å². The van der Waals surface area contributed by atoms with Gasteiger partial charge in [0.2, 0.25) is 0 Å². The average molecular weight is 287 g/mol. The maximum Gasteiger partial charge on any atom is 0.186 e. The third-order valence-corrected chi connectivity index (χ3v) is 3.17. The smallest absolute Gasteiger partial charge is 0.186 e. The average Bonchev–Trinajstić information content (AvgIpc) is 2.45. The Balaban J connectivity index is 2.38. The summed E-state index contributed by atoms with van der Waals surface area (Å²) in [6, 6.07) is 11.4. The molecule has 0 aliphatic carbocycles. The van der Waals surface area contributed by atoms with Crippen molar-refractivity contribution in [2.75, 3.05) is 6.54 Å². The summed E-state index contributed by atoms with van der Waals surface area (Å²) in [7, 11) is 0. The lowest BCUT2D eigenvalue weighted by atomic mass is 10.0. The molecule has 0 saturated carbocycles. The first-order valence-corrected chi connectivity index (χ1v) is 6.83. The normalized spacial score (nSPS) is 11.4. The molecule has 2 aromatic carbocycles. The van der Waals surface area contributed by atoms with E-state index in [2.05, 4.69) is 15.8 Å². The van der Waals surface area contributed by atoms with Gasteiger partial charge in [-0.1, -0.05) is 30.3 Å². The SMILES string of the molecule is CCNC(=S)N/N=C(/C)c1c(O)ccc2ccccc12. The van der Waals surface area contributed by atoms with E-state index in [1.54, 1.807) is 6.07 Å². The summed E-state index contributed by atoms with van der Waals surface area (Å²) in [6.07, 6.45) is 0. The number of nitrogens with zero attached hydrogens (tertiary/aromatic N) is 1. The minimum Gasteiger partial charge on any atom is -0.507 e. The molecule has 4 nitrogen and oxygen atoms in total. The van der Waals surface area contributed by atoms with E-state index in [-0.39, 0.29) is 5.75 Å². The molecular formula is C15H17N3OS. The van der Waals surface area contributed by atoms with Crippen LogP contribution in [0.5, 0.6) is 5.75 Å². The van der Waals surface area contributed by atoms with Gasteiger partial charge in [0.1, 0.15) is 5.75 Å². The van der Waals surface area contributed by atoms with Crippen molar-refractivity contribution in [2.24, 2.45) is 5.10 Å². The number of thiocarbonyl (C=S) groups is 1. The molecule has 5 heteroatoms. The van der Waals surface area contributed by atoms with Gasteiger partial charge in [-0.05, 0) is 42.9 Å². The summed E-state index contributed by atoms with van der Waals surface area (Å²) in [5.41, 5.74) is 4.17. The fraction of sp³-hybridized carbons (Fsp3) is 0.200. The molecule has 0 saturated heterocycles. The first-order valence-electron chi connectivity index (χ1n) is 6.42. The minimum absolute atomic E-state index is 0.209. The van der Waals surface area contributed by atoms with E-state index in [4.69, 9.17) is 12.2 Å². The van der Waals surface area contributed by atoms with Crippen LogP contribution >= 0.6 is 12.2 Å². The van der Waals surface area contributed by atoms with Gasteiger partial charge in [0, 0.05) is 12.1 Å². The molecule has 0 atom stereocenters. The Labute approximate surface area is 123 Å². The highest BCUT2D eigenvalue weighted by Crippen LogP contribution is 2.27. The second kappa shape index (κ2) is 6.34. The van der Waals surface area contributed by atoms with Gasteiger partial charge in [0.05, 0.1) is 5.71 Å². The number of rotatable bonds is 3. The van der Waals surface area contributed by atoms with Crippen LogP contribution < -0.4 is 10.7 Å². The molecule has 0 amide bonds. The van der Waals surface area contributed by atoms with Gasteiger partial charge < -0.3 is 10.4 Å². The van der Waals surface area contributed by atoms with Crippen molar-refractivity contribution in [1.29, 1.82) is 0 Å². The molecule has 2 aromatic rings. The fourth-order valence-corrected chi connectivity index (χ4v) is 2.22. The number of aromatic hydroxyl groups is 1. The van der Waals surface area contributed by atoms with Crippen molar-refractivity contribution in [3.05, 3.63) is 42.0 Å². The zero-order valence-corrected chi connectivity index (χ0v) is 12.3. The summed E-state index contributed by atoms with van der Waals surface area (Å²) < 4.78 is 0. The van der Waals surface area contributed by atoms with Crippen molar-refractivity contribution < 1.29 is 5.11 Å². The quantitative estimate of drug-likeness (QED) is 0.461. The Bertz CT molecular complexity index is 667. The lowest BCUT2D eigenvalue weighted by Gasteiger charge is -2.10. The number of hydrazone groups is 1. The van der Waals surface area contributed by atoms with E-state index in [1.807, 2.05) is 44.2 Å². The molecule has 3 N–H and O–H groups in total. The summed E-state index contributed by atoms with van der Waals surface area (Å²) >= 11 is 5.06. The molecule has 0 radical (unpaired) electrons. The van der Waals surface area contributed by atoms with E-state index in [0.717, 1.165) is 22.9 Å². The number of fused-ring (bicyclic) bond motifs is 1. The Kier molecular flexibility index (Phi) is 4.53. The lowest BCUT2D eigenvalue weighted by molar-refractivity contribution is 0.475. The topological polar surface area (TPSA) is 56.7 Å². The Morgan fingerprint density at radius 3 is 2.75 bits per heavy atom. The summed E-state index contributed by atoms with van der Waals surface area (Å²) in [5, 5.41) is 19.8. The highest BCUT2D eigenvalue weighted by Gasteiger charge is 2.09. The first-order chi connectivity index (χ1) is 9.63. The highest BCUT2D eigenvalue weighted by molar-refractivity contribution is 7.80. The third-order valence-electron chi connectivity index (χ3n) is 2.93. The van der Waals surface area contributed by atoms with Crippen LogP contribution in [0.15, 0.2) is 41.5 Å². The van der Waals surface area contributed by atoms with E-state index in [9.17, 15) is 5.11 Å². The molecule has 0 unspecified atom stereocenters. The van der Waals surface area contributed by atoms with Crippen LogP contribution in [-0.2, 0) is 0 Å². The Hall–Kier alpha value is -2.14. The Morgan fingerprint density at radius 2 is 2.00 bits per heavy atom. The predicted octanol–water partition coefficient (Wildman–Crippen LogP) is 2.75. The predicted molar refractivity (Wildman–Crippen MR) is 87.2 cm³/mol. The van der Waals surface area contributed by atoms with E-state index in [1.165, 1.54) is 0 Å². The van der Waals surface area contributed by atoms with Crippen LogP contribution in [0.1, 0.15) is 19.4 Å². The molecule has 0 spiro atoms. The molecule has 0 aliphatic heterocycles. The van der Waals surface area contributed by atoms with Crippen LogP contribution in [-0.4, -0.2) is 22.5 Å². The van der Waals surface area contributed by atoms with Crippen molar-refractivity contribution in [3.8, 4) is 5.75 Å². The monoisotopic (exact) mass is 287 g/mol. The van der Waals surface area contributed by atoms with Crippen LogP contribution in [0, 0.1) is 0 Å². The second-order valence-electron chi connectivity index (χ2n) is 4.35. The summed E-state index contributed by atoms with van der Waals surface area (Å²) in [6.45, 7) is 4.53. The van der Waals surface area contributed by atoms with Gasteiger partial charge in [-0.2, -0.15) is 5.10 Å². The van der Waals surface area contributed by atoms with Gasteiger partial charge in [0.25, 0.3) is 0 Å². The number of nitrogens with one attached hydrogen (secondary N) is 2. The fourth-order valence-electron chi connectivity index (χ4n) is 2.03. The Morgan fingerprint density at radius 1 is 1.25 bits per heavy atom. The zero-order chi connectivity index (χ0) is 14.5. The maximum absolute atomic E-state index is 10.1. The van der Waals surface area contributed by atoms with Gasteiger partial charge in [0.15, 0.2) is 5.11 Å². The van der Waals surface area contributed by atoms with Crippen LogP contribution in [0.4, 0.5) is 0 Å². The van der Waals surface area contributed by atoms with Gasteiger partial charge >= 0.3 is 0 Å². The molecule has 20 heavy (non-hydrogen) atoms. The van der Waals surface area contributed by atoms with Gasteiger partial charge in [-0.15, -0.1) is 0 Å². The van der Waals surface area contributed by atoms with Crippen molar-refractivity contribution >= 4 is 33.8 Å². The molecule has 2 rings (SSSR count). The molecular weight excluding hydrogens is 270 g/mol. The molecule has 104 valence electrons. The van der Waals surface area contributed by atoms with Crippen LogP contribution in [0.3, 0.4) is 0 Å². The molecule has 0 aromatic heterocycles. The number of phenolic OH excluding ortho intramolecular Hbond substituents is 1. The molecule has 0 fully saturated rings. The van der Waals surface area contributed by atoms with Crippen LogP contribution in [0.2, 0.25) is 0 Å². The molecule has 0 heterocycles. The van der Waals surface area contributed by atoms with Crippen molar-refractivity contribution in [3.63, 3.8) is 0 Å². The summed E-state index contributed by atoms with van der Waals surface area (Å²) in [4.78, 5) is 0. The second-order valence-corrected chi connectivity index (χ2v) is 4.76. The van der Waals surface area contributed by atoms with Crippen LogP contribution in [0.25, 0.3) is 10.8 Å². The minimum atomic E-state index is 0.209. The third kappa shape index (κ3) is 3.05. The van der Waals surface area contributed by atoms with Gasteiger partial charge in [-0.25, -0.2) is 0 Å². The number of phenols is 1. The summed E-state index contributed by atoms with van der Waals surface area (Å²) in [5.74, 6) is 0.209. The highest BCUT2D eigenvalue weighted by atomic mass is 32.1.